The molecule has 0 spiro atoms. The Balaban J connectivity index is -0.000000130. The van der Waals surface area contributed by atoms with E-state index < -0.39 is 0 Å². The normalized spacial score (nSPS) is 8.04. The molecule has 0 aromatic rings. The summed E-state index contributed by atoms with van der Waals surface area (Å²) in [5.41, 5.74) is 0. The summed E-state index contributed by atoms with van der Waals surface area (Å²) in [5, 5.41) is 0. The summed E-state index contributed by atoms with van der Waals surface area (Å²) in [6.45, 7) is 8.03. The zero-order chi connectivity index (χ0) is 20.2. The van der Waals surface area contributed by atoms with Gasteiger partial charge in [-0.2, -0.15) is 14.5 Å². The number of hydrogen-bond donors (Lipinski definition) is 0. The summed E-state index contributed by atoms with van der Waals surface area (Å²) in [7, 11) is 0. The van der Waals surface area contributed by atoms with E-state index in [2.05, 4.69) is 47.8 Å². The molecule has 0 fully saturated rings. The summed E-state index contributed by atoms with van der Waals surface area (Å²) in [6, 6.07) is 0. The Morgan fingerprint density at radius 3 is 0.520 bits per heavy atom. The van der Waals surface area contributed by atoms with Crippen LogP contribution in [-0.4, -0.2) is 34.7 Å². The van der Waals surface area contributed by atoms with E-state index in [1.807, 2.05) is 0 Å². The number of rotatable bonds is 6. The fourth-order valence-electron chi connectivity index (χ4n) is 0.744. The van der Waals surface area contributed by atoms with Gasteiger partial charge in [0.15, 0.2) is 0 Å². The van der Waals surface area contributed by atoms with Gasteiger partial charge >= 0.3 is 19.5 Å². The van der Waals surface area contributed by atoms with Gasteiger partial charge in [0.1, 0.15) is 0 Å². The van der Waals surface area contributed by atoms with E-state index in [1.165, 1.54) is 41.5 Å². The average Bonchev–Trinajstić information content (AvgIpc) is 2.45. The molecule has 0 radical (unpaired) electrons. The number of ketones is 6. The number of halogens is 3. The Bertz CT molecular complexity index is 394. The molecule has 0 aromatic heterocycles. The maximum absolute atomic E-state index is 10.3. The largest absolute Gasteiger partial charge is 3.00 e. The smallest absolute Gasteiger partial charge is 0.333 e. The summed E-state index contributed by atoms with van der Waals surface area (Å²) >= 11 is 8.47. The molecule has 6 nitrogen and oxygen atoms in total. The standard InChI is InChI=1S/3C5H6BrO2.Rh/c3*1-3(7)5(6)4(2)8;/h3*1-2H3;/q3*-1;+3. The molecule has 0 aliphatic heterocycles. The maximum atomic E-state index is 10.3. The molecule has 0 saturated carbocycles. The molecule has 0 rings (SSSR count). The first kappa shape index (κ1) is 32.4. The second kappa shape index (κ2) is 17.1. The Hall–Kier alpha value is -0.307. The fourth-order valence-corrected chi connectivity index (χ4v) is 0.744. The molecule has 25 heavy (non-hydrogen) atoms. The van der Waals surface area contributed by atoms with E-state index in [0.29, 0.717) is 0 Å². The van der Waals surface area contributed by atoms with E-state index in [0.717, 1.165) is 0 Å². The van der Waals surface area contributed by atoms with Crippen molar-refractivity contribution < 1.29 is 48.2 Å². The minimum atomic E-state index is -0.225. The van der Waals surface area contributed by atoms with Crippen LogP contribution in [0.2, 0.25) is 0 Å². The first-order valence-corrected chi connectivity index (χ1v) is 8.67. The molecule has 0 bridgehead atoms. The molecule has 0 aromatic carbocycles. The van der Waals surface area contributed by atoms with Crippen molar-refractivity contribution in [3.8, 4) is 0 Å². The number of Topliss-reactive ketones (excluding diaryl/α,β-unsaturated/α-hetero) is 6. The zero-order valence-corrected chi connectivity index (χ0v) is 20.8. The third-order valence-electron chi connectivity index (χ3n) is 1.85. The van der Waals surface area contributed by atoms with E-state index in [1.54, 1.807) is 0 Å². The van der Waals surface area contributed by atoms with Crippen molar-refractivity contribution in [1.82, 2.24) is 0 Å². The number of hydrogen-bond acceptors (Lipinski definition) is 6. The summed E-state index contributed by atoms with van der Waals surface area (Å²) in [5.74, 6) is -1.35. The molecule has 10 heteroatoms. The van der Waals surface area contributed by atoms with Crippen LogP contribution in [0.1, 0.15) is 41.5 Å². The van der Waals surface area contributed by atoms with Crippen LogP contribution in [0.3, 0.4) is 0 Å². The van der Waals surface area contributed by atoms with Gasteiger partial charge in [-0.15, -0.1) is 0 Å². The van der Waals surface area contributed by atoms with Crippen molar-refractivity contribution in [2.45, 2.75) is 41.5 Å². The minimum absolute atomic E-state index is 0. The van der Waals surface area contributed by atoms with Gasteiger partial charge < -0.3 is 28.8 Å². The van der Waals surface area contributed by atoms with Gasteiger partial charge in [-0.3, -0.25) is 47.8 Å². The SMILES string of the molecule is CC(=O)[C-](Br)C(C)=O.CC(=O)[C-](Br)C(C)=O.CC(=O)[C-](Br)C(C)=O.[Rh+3]. The Labute approximate surface area is 185 Å². The van der Waals surface area contributed by atoms with Crippen LogP contribution in [-0.2, 0) is 48.2 Å². The average molecular weight is 637 g/mol. The van der Waals surface area contributed by atoms with Crippen LogP contribution in [0.25, 0.3) is 0 Å². The van der Waals surface area contributed by atoms with Gasteiger partial charge in [0.2, 0.25) is 0 Å². The van der Waals surface area contributed by atoms with Crippen LogP contribution in [0, 0.1) is 14.5 Å². The number of carbonyl (C=O) groups excluding carboxylic acids is 6. The molecule has 0 heterocycles. The van der Waals surface area contributed by atoms with Gasteiger partial charge in [0.25, 0.3) is 0 Å². The van der Waals surface area contributed by atoms with Crippen molar-refractivity contribution in [3.05, 3.63) is 14.5 Å². The molecule has 0 amide bonds. The first-order valence-electron chi connectivity index (χ1n) is 6.29. The van der Waals surface area contributed by atoms with Crippen LogP contribution < -0.4 is 0 Å². The third kappa shape index (κ3) is 19.9. The topological polar surface area (TPSA) is 102 Å². The first-order chi connectivity index (χ1) is 10.7. The zero-order valence-electron chi connectivity index (χ0n) is 14.4. The minimum Gasteiger partial charge on any atom is -0.333 e. The molecular weight excluding hydrogens is 619 g/mol. The van der Waals surface area contributed by atoms with Gasteiger partial charge in [-0.25, -0.2) is 0 Å². The van der Waals surface area contributed by atoms with Crippen molar-refractivity contribution >= 4 is 82.5 Å². The van der Waals surface area contributed by atoms with Gasteiger partial charge in [0, 0.05) is 34.7 Å². The summed E-state index contributed by atoms with van der Waals surface area (Å²) in [6.07, 6.45) is 0. The summed E-state index contributed by atoms with van der Waals surface area (Å²) < 4.78 is 0. The summed E-state index contributed by atoms with van der Waals surface area (Å²) in [4.78, 5) is 62.1. The quantitative estimate of drug-likeness (QED) is 0.252. The molecule has 0 unspecified atom stereocenters. The van der Waals surface area contributed by atoms with E-state index in [-0.39, 0.29) is 68.7 Å². The molecule has 0 N–H and O–H groups in total. The monoisotopic (exact) mass is 634 g/mol. The second-order valence-electron chi connectivity index (χ2n) is 4.28. The van der Waals surface area contributed by atoms with Crippen molar-refractivity contribution in [2.24, 2.45) is 0 Å². The molecule has 0 saturated heterocycles. The molecule has 0 aliphatic rings. The third-order valence-corrected chi connectivity index (χ3v) is 5.20. The Morgan fingerprint density at radius 2 is 0.520 bits per heavy atom. The van der Waals surface area contributed by atoms with Crippen LogP contribution in [0.4, 0.5) is 0 Å². The predicted octanol–water partition coefficient (Wildman–Crippen LogP) is 3.27. The molecule has 0 aliphatic carbocycles. The van der Waals surface area contributed by atoms with Crippen molar-refractivity contribution in [1.29, 1.82) is 0 Å². The van der Waals surface area contributed by atoms with E-state index in [9.17, 15) is 28.8 Å². The Morgan fingerprint density at radius 1 is 0.440 bits per heavy atom. The van der Waals surface area contributed by atoms with Gasteiger partial charge in [-0.1, -0.05) is 0 Å². The fraction of sp³-hybridized carbons (Fsp3) is 0.400. The molecular formula is C15H18Br3O6Rh. The Kier molecular flexibility index (Phi) is 22.2. The van der Waals surface area contributed by atoms with Gasteiger partial charge in [-0.05, 0) is 41.5 Å². The maximum Gasteiger partial charge on any atom is 3.00 e. The van der Waals surface area contributed by atoms with E-state index >= 15 is 0 Å². The van der Waals surface area contributed by atoms with Crippen LogP contribution >= 0.6 is 47.8 Å². The second-order valence-corrected chi connectivity index (χ2v) is 6.66. The van der Waals surface area contributed by atoms with E-state index in [4.69, 9.17) is 0 Å². The molecule has 144 valence electrons. The predicted molar refractivity (Wildman–Crippen MR) is 101 cm³/mol. The van der Waals surface area contributed by atoms with Crippen LogP contribution in [0.15, 0.2) is 0 Å². The van der Waals surface area contributed by atoms with Crippen molar-refractivity contribution in [3.63, 3.8) is 0 Å². The van der Waals surface area contributed by atoms with Gasteiger partial charge in [0.05, 0.1) is 0 Å². The molecule has 0 atom stereocenters. The van der Waals surface area contributed by atoms with Crippen LogP contribution in [0.5, 0.6) is 0 Å². The van der Waals surface area contributed by atoms with Crippen molar-refractivity contribution in [2.75, 3.05) is 0 Å². The number of carbonyl (C=O) groups is 6.